The van der Waals surface area contributed by atoms with Crippen molar-refractivity contribution in [3.63, 3.8) is 0 Å². The Morgan fingerprint density at radius 2 is 2.00 bits per heavy atom. The van der Waals surface area contributed by atoms with E-state index in [1.165, 1.54) is 0 Å². The van der Waals surface area contributed by atoms with E-state index in [0.717, 1.165) is 0 Å². The fraction of sp³-hybridized carbons (Fsp3) is 0.778. The number of nitrogens with one attached hydrogen (secondary N) is 1. The zero-order valence-electron chi connectivity index (χ0n) is 8.92. The average Bonchev–Trinajstić information content (AvgIpc) is 2.04. The van der Waals surface area contributed by atoms with Gasteiger partial charge < -0.3 is 15.8 Å². The third-order valence-corrected chi connectivity index (χ3v) is 1.82. The van der Waals surface area contributed by atoms with Crippen LogP contribution in [0.3, 0.4) is 0 Å². The first-order chi connectivity index (χ1) is 6.40. The molecule has 0 atom stereocenters. The molecule has 82 valence electrons. The molecule has 0 saturated carbocycles. The van der Waals surface area contributed by atoms with Gasteiger partial charge in [0, 0.05) is 6.54 Å². The van der Waals surface area contributed by atoms with Crippen LogP contribution >= 0.6 is 0 Å². The van der Waals surface area contributed by atoms with Gasteiger partial charge in [-0.1, -0.05) is 0 Å². The molecule has 1 amide bonds. The number of ether oxygens (including phenoxy) is 1. The highest BCUT2D eigenvalue weighted by Gasteiger charge is 2.23. The molecule has 0 aromatic heterocycles. The van der Waals surface area contributed by atoms with Crippen molar-refractivity contribution in [1.82, 2.24) is 5.32 Å². The number of hydrogen-bond acceptors (Lipinski definition) is 4. The molecule has 0 aliphatic rings. The molecule has 0 unspecified atom stereocenters. The number of hydrogen-bond donors (Lipinski definition) is 2. The van der Waals surface area contributed by atoms with E-state index in [-0.39, 0.29) is 12.4 Å². The Morgan fingerprint density at radius 3 is 2.43 bits per heavy atom. The smallest absolute Gasteiger partial charge is 0.307 e. The monoisotopic (exact) mass is 202 g/mol. The Morgan fingerprint density at radius 1 is 1.43 bits per heavy atom. The van der Waals surface area contributed by atoms with Crippen LogP contribution in [-0.4, -0.2) is 30.6 Å². The summed E-state index contributed by atoms with van der Waals surface area (Å²) in [5.41, 5.74) is 4.34. The SMILES string of the molecule is CCOC(=O)CCNC(C)(C)C(N)=O. The predicted octanol–water partition coefficient (Wildman–Crippen LogP) is -0.207. The topological polar surface area (TPSA) is 81.4 Å². The second kappa shape index (κ2) is 5.59. The lowest BCUT2D eigenvalue weighted by Gasteiger charge is -2.21. The molecule has 0 aliphatic carbocycles. The van der Waals surface area contributed by atoms with Gasteiger partial charge in [0.2, 0.25) is 5.91 Å². The van der Waals surface area contributed by atoms with Crippen molar-refractivity contribution >= 4 is 11.9 Å². The molecule has 14 heavy (non-hydrogen) atoms. The van der Waals surface area contributed by atoms with E-state index in [1.54, 1.807) is 20.8 Å². The summed E-state index contributed by atoms with van der Waals surface area (Å²) in [5, 5.41) is 2.87. The summed E-state index contributed by atoms with van der Waals surface area (Å²) in [7, 11) is 0. The molecular formula is C9H18N2O3. The van der Waals surface area contributed by atoms with Crippen molar-refractivity contribution < 1.29 is 14.3 Å². The molecule has 0 rings (SSSR count). The molecule has 3 N–H and O–H groups in total. The van der Waals surface area contributed by atoms with Crippen LogP contribution in [0.25, 0.3) is 0 Å². The van der Waals surface area contributed by atoms with Crippen LogP contribution in [0.5, 0.6) is 0 Å². The highest BCUT2D eigenvalue weighted by Crippen LogP contribution is 1.99. The number of carbonyl (C=O) groups is 2. The van der Waals surface area contributed by atoms with Crippen molar-refractivity contribution in [2.24, 2.45) is 5.73 Å². The molecule has 0 aromatic carbocycles. The van der Waals surface area contributed by atoms with Gasteiger partial charge in [0.1, 0.15) is 0 Å². The normalized spacial score (nSPS) is 11.1. The van der Waals surface area contributed by atoms with Crippen molar-refractivity contribution in [1.29, 1.82) is 0 Å². The first-order valence-corrected chi connectivity index (χ1v) is 4.60. The Bertz CT molecular complexity index is 214. The van der Waals surface area contributed by atoms with Gasteiger partial charge in [0.05, 0.1) is 18.6 Å². The number of amides is 1. The molecule has 5 heteroatoms. The van der Waals surface area contributed by atoms with E-state index in [9.17, 15) is 9.59 Å². The summed E-state index contributed by atoms with van der Waals surface area (Å²) < 4.78 is 4.72. The fourth-order valence-electron chi connectivity index (χ4n) is 0.797. The lowest BCUT2D eigenvalue weighted by Crippen LogP contribution is -2.51. The van der Waals surface area contributed by atoms with Gasteiger partial charge in [0.25, 0.3) is 0 Å². The summed E-state index contributed by atoms with van der Waals surface area (Å²) in [5.74, 6) is -0.721. The average molecular weight is 202 g/mol. The molecule has 0 aromatic rings. The molecule has 0 fully saturated rings. The second-order valence-electron chi connectivity index (χ2n) is 3.47. The van der Waals surface area contributed by atoms with Crippen molar-refractivity contribution in [2.75, 3.05) is 13.2 Å². The minimum Gasteiger partial charge on any atom is -0.466 e. The quantitative estimate of drug-likeness (QED) is 0.584. The van der Waals surface area contributed by atoms with Crippen molar-refractivity contribution in [3.05, 3.63) is 0 Å². The maximum atomic E-state index is 10.9. The summed E-state index contributed by atoms with van der Waals surface area (Å²) in [6, 6.07) is 0. The maximum Gasteiger partial charge on any atom is 0.307 e. The number of primary amides is 1. The molecule has 0 bridgehead atoms. The number of esters is 1. The van der Waals surface area contributed by atoms with E-state index in [4.69, 9.17) is 10.5 Å². The fourth-order valence-corrected chi connectivity index (χ4v) is 0.797. The summed E-state index contributed by atoms with van der Waals surface area (Å²) in [6.07, 6.45) is 0.241. The molecule has 0 aliphatic heterocycles. The standard InChI is InChI=1S/C9H18N2O3/c1-4-14-7(12)5-6-11-9(2,3)8(10)13/h11H,4-6H2,1-3H3,(H2,10,13). The molecular weight excluding hydrogens is 184 g/mol. The third-order valence-electron chi connectivity index (χ3n) is 1.82. The molecule has 0 spiro atoms. The maximum absolute atomic E-state index is 10.9. The second-order valence-corrected chi connectivity index (χ2v) is 3.47. The number of rotatable bonds is 6. The summed E-state index contributed by atoms with van der Waals surface area (Å²) in [4.78, 5) is 21.8. The van der Waals surface area contributed by atoms with Crippen molar-refractivity contribution in [3.8, 4) is 0 Å². The first kappa shape index (κ1) is 12.9. The Labute approximate surface area is 84.0 Å². The van der Waals surface area contributed by atoms with Gasteiger partial charge in [-0.2, -0.15) is 0 Å². The predicted molar refractivity (Wildman–Crippen MR) is 52.5 cm³/mol. The molecule has 0 saturated heterocycles. The summed E-state index contributed by atoms with van der Waals surface area (Å²) in [6.45, 7) is 5.84. The summed E-state index contributed by atoms with van der Waals surface area (Å²) >= 11 is 0. The van der Waals surface area contributed by atoms with Crippen LogP contribution in [-0.2, 0) is 14.3 Å². The highest BCUT2D eigenvalue weighted by atomic mass is 16.5. The lowest BCUT2D eigenvalue weighted by molar-refractivity contribution is -0.143. The van der Waals surface area contributed by atoms with Gasteiger partial charge in [-0.05, 0) is 20.8 Å². The van der Waals surface area contributed by atoms with Crippen LogP contribution in [0.15, 0.2) is 0 Å². The van der Waals surface area contributed by atoms with E-state index in [1.807, 2.05) is 0 Å². The minimum atomic E-state index is -0.785. The molecule has 0 radical (unpaired) electrons. The van der Waals surface area contributed by atoms with Crippen molar-refractivity contribution in [2.45, 2.75) is 32.7 Å². The van der Waals surface area contributed by atoms with E-state index in [2.05, 4.69) is 5.32 Å². The van der Waals surface area contributed by atoms with Crippen LogP contribution in [0.2, 0.25) is 0 Å². The number of carbonyl (C=O) groups excluding carboxylic acids is 2. The van der Waals surface area contributed by atoms with Gasteiger partial charge in [-0.25, -0.2) is 0 Å². The van der Waals surface area contributed by atoms with Gasteiger partial charge in [0.15, 0.2) is 0 Å². The highest BCUT2D eigenvalue weighted by molar-refractivity contribution is 5.83. The third kappa shape index (κ3) is 4.81. The molecule has 5 nitrogen and oxygen atoms in total. The van der Waals surface area contributed by atoms with Crippen LogP contribution in [0.4, 0.5) is 0 Å². The van der Waals surface area contributed by atoms with Crippen LogP contribution in [0.1, 0.15) is 27.2 Å². The largest absolute Gasteiger partial charge is 0.466 e. The lowest BCUT2D eigenvalue weighted by atomic mass is 10.1. The van der Waals surface area contributed by atoms with E-state index in [0.29, 0.717) is 13.2 Å². The van der Waals surface area contributed by atoms with Crippen LogP contribution in [0, 0.1) is 0 Å². The Kier molecular flexibility index (Phi) is 5.15. The zero-order valence-corrected chi connectivity index (χ0v) is 8.92. The molecule has 0 heterocycles. The van der Waals surface area contributed by atoms with Gasteiger partial charge in [-0.15, -0.1) is 0 Å². The van der Waals surface area contributed by atoms with E-state index < -0.39 is 11.4 Å². The van der Waals surface area contributed by atoms with Gasteiger partial charge >= 0.3 is 5.97 Å². The van der Waals surface area contributed by atoms with Crippen LogP contribution < -0.4 is 11.1 Å². The Hall–Kier alpha value is -1.10. The number of nitrogens with two attached hydrogens (primary N) is 1. The zero-order chi connectivity index (χ0) is 11.2. The van der Waals surface area contributed by atoms with Gasteiger partial charge in [-0.3, -0.25) is 9.59 Å². The first-order valence-electron chi connectivity index (χ1n) is 4.60. The minimum absolute atomic E-state index is 0.241. The Balaban J connectivity index is 3.74. The van der Waals surface area contributed by atoms with E-state index >= 15 is 0 Å².